The van der Waals surface area contributed by atoms with E-state index in [1.807, 2.05) is 36.4 Å². The van der Waals surface area contributed by atoms with Gasteiger partial charge in [-0.25, -0.2) is 0 Å². The average Bonchev–Trinajstić information content (AvgIpc) is 2.38. The van der Waals surface area contributed by atoms with Gasteiger partial charge in [-0.1, -0.05) is 48.5 Å². The number of benzene rings is 2. The maximum Gasteiger partial charge on any atom is 0.127 e. The molecule has 2 aromatic carbocycles. The lowest BCUT2D eigenvalue weighted by Crippen LogP contribution is -2.04. The van der Waals surface area contributed by atoms with Crippen molar-refractivity contribution in [3.63, 3.8) is 0 Å². The number of aromatic hydroxyl groups is 1. The minimum atomic E-state index is -0.293. The fourth-order valence-electron chi connectivity index (χ4n) is 1.90. The van der Waals surface area contributed by atoms with Gasteiger partial charge in [0.25, 0.3) is 0 Å². The third-order valence-corrected chi connectivity index (χ3v) is 2.80. The van der Waals surface area contributed by atoms with E-state index in [1.54, 1.807) is 18.2 Å². The molecule has 2 heteroatoms. The van der Waals surface area contributed by atoms with Crippen molar-refractivity contribution < 1.29 is 9.90 Å². The van der Waals surface area contributed by atoms with E-state index < -0.39 is 0 Å². The SMILES string of the molecule is O=CC(Cc1ccccc1)c1ccccc1O. The van der Waals surface area contributed by atoms with Crippen LogP contribution in [0.2, 0.25) is 0 Å². The van der Waals surface area contributed by atoms with Gasteiger partial charge in [0.15, 0.2) is 0 Å². The zero-order valence-corrected chi connectivity index (χ0v) is 9.41. The molecular weight excluding hydrogens is 212 g/mol. The zero-order valence-electron chi connectivity index (χ0n) is 9.41. The third-order valence-electron chi connectivity index (χ3n) is 2.80. The Kier molecular flexibility index (Phi) is 3.55. The summed E-state index contributed by atoms with van der Waals surface area (Å²) in [5, 5.41) is 9.73. The molecule has 0 heterocycles. The molecule has 1 atom stereocenters. The molecular formula is C15H14O2. The number of hydrogen-bond donors (Lipinski definition) is 1. The number of phenols is 1. The third kappa shape index (κ3) is 2.72. The van der Waals surface area contributed by atoms with Crippen LogP contribution in [0.3, 0.4) is 0 Å². The highest BCUT2D eigenvalue weighted by molar-refractivity contribution is 5.65. The Balaban J connectivity index is 2.24. The Morgan fingerprint density at radius 2 is 1.65 bits per heavy atom. The molecule has 2 nitrogen and oxygen atoms in total. The summed E-state index contributed by atoms with van der Waals surface area (Å²) >= 11 is 0. The van der Waals surface area contributed by atoms with Crippen LogP contribution in [-0.2, 0) is 11.2 Å². The molecule has 0 spiro atoms. The topological polar surface area (TPSA) is 37.3 Å². The summed E-state index contributed by atoms with van der Waals surface area (Å²) in [7, 11) is 0. The van der Waals surface area contributed by atoms with Crippen molar-refractivity contribution in [1.29, 1.82) is 0 Å². The van der Waals surface area contributed by atoms with Gasteiger partial charge in [-0.3, -0.25) is 0 Å². The fraction of sp³-hybridized carbons (Fsp3) is 0.133. The summed E-state index contributed by atoms with van der Waals surface area (Å²) in [6, 6.07) is 16.8. The van der Waals surface area contributed by atoms with Crippen LogP contribution >= 0.6 is 0 Å². The lowest BCUT2D eigenvalue weighted by Gasteiger charge is -2.12. The molecule has 0 aliphatic heterocycles. The van der Waals surface area contributed by atoms with Crippen molar-refractivity contribution in [3.8, 4) is 5.75 Å². The second kappa shape index (κ2) is 5.30. The quantitative estimate of drug-likeness (QED) is 0.814. The molecule has 0 aromatic heterocycles. The molecule has 1 unspecified atom stereocenters. The van der Waals surface area contributed by atoms with Crippen LogP contribution in [0.4, 0.5) is 0 Å². The van der Waals surface area contributed by atoms with Crippen LogP contribution in [0.1, 0.15) is 17.0 Å². The Morgan fingerprint density at radius 3 is 2.29 bits per heavy atom. The normalized spacial score (nSPS) is 12.0. The van der Waals surface area contributed by atoms with Crippen molar-refractivity contribution in [1.82, 2.24) is 0 Å². The van der Waals surface area contributed by atoms with E-state index >= 15 is 0 Å². The first-order valence-electron chi connectivity index (χ1n) is 5.58. The molecule has 0 amide bonds. The Bertz CT molecular complexity index is 491. The van der Waals surface area contributed by atoms with Crippen molar-refractivity contribution in [3.05, 3.63) is 65.7 Å². The predicted molar refractivity (Wildman–Crippen MR) is 67.1 cm³/mol. The predicted octanol–water partition coefficient (Wildman–Crippen LogP) is 2.92. The van der Waals surface area contributed by atoms with Crippen LogP contribution in [-0.4, -0.2) is 11.4 Å². The van der Waals surface area contributed by atoms with Gasteiger partial charge in [0, 0.05) is 11.5 Å². The second-order valence-corrected chi connectivity index (χ2v) is 3.99. The molecule has 0 fully saturated rings. The van der Waals surface area contributed by atoms with Gasteiger partial charge in [-0.15, -0.1) is 0 Å². The van der Waals surface area contributed by atoms with Crippen molar-refractivity contribution in [2.45, 2.75) is 12.3 Å². The molecule has 2 rings (SSSR count). The van der Waals surface area contributed by atoms with E-state index in [0.717, 1.165) is 11.8 Å². The maximum atomic E-state index is 11.2. The number of carbonyl (C=O) groups excluding carboxylic acids is 1. The fourth-order valence-corrected chi connectivity index (χ4v) is 1.90. The summed E-state index contributed by atoms with van der Waals surface area (Å²) in [6.07, 6.45) is 1.50. The van der Waals surface area contributed by atoms with Crippen LogP contribution in [0.15, 0.2) is 54.6 Å². The first-order chi connectivity index (χ1) is 8.31. The Hall–Kier alpha value is -2.09. The van der Waals surface area contributed by atoms with Gasteiger partial charge in [-0.05, 0) is 18.1 Å². The highest BCUT2D eigenvalue weighted by atomic mass is 16.3. The number of hydrogen-bond acceptors (Lipinski definition) is 2. The molecule has 0 aliphatic carbocycles. The standard InChI is InChI=1S/C15H14O2/c16-11-13(10-12-6-2-1-3-7-12)14-8-4-5-9-15(14)17/h1-9,11,13,17H,10H2. The summed E-state index contributed by atoms with van der Waals surface area (Å²) in [5.74, 6) is -0.112. The van der Waals surface area contributed by atoms with Crippen LogP contribution in [0.25, 0.3) is 0 Å². The number of para-hydroxylation sites is 1. The number of rotatable bonds is 4. The Labute approximate surface area is 101 Å². The first kappa shape index (κ1) is 11.4. The van der Waals surface area contributed by atoms with E-state index in [-0.39, 0.29) is 11.7 Å². The van der Waals surface area contributed by atoms with Gasteiger partial charge in [0.2, 0.25) is 0 Å². The Morgan fingerprint density at radius 1 is 1.00 bits per heavy atom. The maximum absolute atomic E-state index is 11.2. The van der Waals surface area contributed by atoms with Crippen molar-refractivity contribution in [2.24, 2.45) is 0 Å². The van der Waals surface area contributed by atoms with Crippen molar-refractivity contribution >= 4 is 6.29 Å². The summed E-state index contributed by atoms with van der Waals surface area (Å²) < 4.78 is 0. The van der Waals surface area contributed by atoms with E-state index in [1.165, 1.54) is 0 Å². The molecule has 0 saturated heterocycles. The highest BCUT2D eigenvalue weighted by Crippen LogP contribution is 2.26. The monoisotopic (exact) mass is 226 g/mol. The highest BCUT2D eigenvalue weighted by Gasteiger charge is 2.14. The lowest BCUT2D eigenvalue weighted by molar-refractivity contribution is -0.109. The minimum absolute atomic E-state index is 0.181. The van der Waals surface area contributed by atoms with Gasteiger partial charge in [0.05, 0.1) is 0 Å². The van der Waals surface area contributed by atoms with E-state index in [2.05, 4.69) is 0 Å². The van der Waals surface area contributed by atoms with Gasteiger partial charge < -0.3 is 9.90 Å². The molecule has 2 aromatic rings. The van der Waals surface area contributed by atoms with Gasteiger partial charge >= 0.3 is 0 Å². The average molecular weight is 226 g/mol. The summed E-state index contributed by atoms with van der Waals surface area (Å²) in [4.78, 5) is 11.2. The lowest BCUT2D eigenvalue weighted by atomic mass is 9.93. The molecule has 17 heavy (non-hydrogen) atoms. The minimum Gasteiger partial charge on any atom is -0.508 e. The number of aldehydes is 1. The number of carbonyl (C=O) groups is 1. The molecule has 0 saturated carbocycles. The van der Waals surface area contributed by atoms with Crippen molar-refractivity contribution in [2.75, 3.05) is 0 Å². The largest absolute Gasteiger partial charge is 0.508 e. The smallest absolute Gasteiger partial charge is 0.127 e. The molecule has 86 valence electrons. The molecule has 0 radical (unpaired) electrons. The summed E-state index contributed by atoms with van der Waals surface area (Å²) in [6.45, 7) is 0. The molecule has 1 N–H and O–H groups in total. The van der Waals surface area contributed by atoms with Gasteiger partial charge in [0.1, 0.15) is 12.0 Å². The summed E-state index contributed by atoms with van der Waals surface area (Å²) in [5.41, 5.74) is 1.78. The van der Waals surface area contributed by atoms with Crippen LogP contribution in [0.5, 0.6) is 5.75 Å². The number of phenolic OH excluding ortho intramolecular Hbond substituents is 1. The second-order valence-electron chi connectivity index (χ2n) is 3.99. The zero-order chi connectivity index (χ0) is 12.1. The van der Waals surface area contributed by atoms with E-state index in [0.29, 0.717) is 12.0 Å². The van der Waals surface area contributed by atoms with Crippen LogP contribution < -0.4 is 0 Å². The van der Waals surface area contributed by atoms with Gasteiger partial charge in [-0.2, -0.15) is 0 Å². The van der Waals surface area contributed by atoms with E-state index in [4.69, 9.17) is 0 Å². The molecule has 0 bridgehead atoms. The van der Waals surface area contributed by atoms with Crippen LogP contribution in [0, 0.1) is 0 Å². The first-order valence-corrected chi connectivity index (χ1v) is 5.58. The van der Waals surface area contributed by atoms with E-state index in [9.17, 15) is 9.90 Å². The molecule has 0 aliphatic rings.